The molecule has 0 spiro atoms. The lowest BCUT2D eigenvalue weighted by Crippen LogP contribution is -2.32. The molecule has 1 aliphatic rings. The number of oxazole rings is 1. The molecule has 1 amide bonds. The van der Waals surface area contributed by atoms with Gasteiger partial charge in [0.25, 0.3) is 5.91 Å². The Labute approximate surface area is 151 Å². The van der Waals surface area contributed by atoms with E-state index in [9.17, 15) is 9.59 Å². The minimum Gasteiger partial charge on any atom is -0.458 e. The summed E-state index contributed by atoms with van der Waals surface area (Å²) < 4.78 is 16.1. The van der Waals surface area contributed by atoms with E-state index < -0.39 is 5.97 Å². The third-order valence-corrected chi connectivity index (χ3v) is 4.03. The fourth-order valence-electron chi connectivity index (χ4n) is 2.84. The fraction of sp³-hybridized carbons (Fsp3) is 0.421. The van der Waals surface area contributed by atoms with E-state index >= 15 is 0 Å². The average Bonchev–Trinajstić information content (AvgIpc) is 3.30. The van der Waals surface area contributed by atoms with Gasteiger partial charge in [-0.25, -0.2) is 9.78 Å². The second-order valence-corrected chi connectivity index (χ2v) is 6.37. The van der Waals surface area contributed by atoms with Crippen LogP contribution >= 0.6 is 0 Å². The van der Waals surface area contributed by atoms with Gasteiger partial charge in [-0.15, -0.1) is 0 Å². The van der Waals surface area contributed by atoms with Crippen LogP contribution in [-0.4, -0.2) is 42.2 Å². The number of carbonyl (C=O) groups is 2. The number of hydrogen-bond donors (Lipinski definition) is 1. The number of ether oxygens (including phenoxy) is 2. The van der Waals surface area contributed by atoms with E-state index in [0.717, 1.165) is 19.4 Å². The predicted octanol–water partition coefficient (Wildman–Crippen LogP) is 2.82. The largest absolute Gasteiger partial charge is 0.458 e. The SMILES string of the molecule is CC(C)OC(=O)c1ncoc1-c1ccccc1C(=O)NCC1CCCO1. The molecule has 1 atom stereocenters. The number of nitrogens with one attached hydrogen (secondary N) is 1. The van der Waals surface area contributed by atoms with E-state index in [1.54, 1.807) is 38.1 Å². The predicted molar refractivity (Wildman–Crippen MR) is 93.8 cm³/mol. The first-order chi connectivity index (χ1) is 12.6. The van der Waals surface area contributed by atoms with Crippen molar-refractivity contribution < 1.29 is 23.5 Å². The van der Waals surface area contributed by atoms with Crippen LogP contribution in [0.2, 0.25) is 0 Å². The molecular formula is C19H22N2O5. The average molecular weight is 358 g/mol. The highest BCUT2D eigenvalue weighted by Gasteiger charge is 2.25. The molecule has 2 heterocycles. The summed E-state index contributed by atoms with van der Waals surface area (Å²) in [7, 11) is 0. The molecule has 7 nitrogen and oxygen atoms in total. The van der Waals surface area contributed by atoms with Crippen molar-refractivity contribution in [3.05, 3.63) is 41.9 Å². The van der Waals surface area contributed by atoms with Gasteiger partial charge in [0.1, 0.15) is 0 Å². The Morgan fingerprint density at radius 2 is 2.15 bits per heavy atom. The van der Waals surface area contributed by atoms with Gasteiger partial charge in [0, 0.05) is 18.7 Å². The molecule has 0 aliphatic carbocycles. The molecule has 2 aromatic rings. The summed E-state index contributed by atoms with van der Waals surface area (Å²) >= 11 is 0. The number of hydrogen-bond acceptors (Lipinski definition) is 6. The highest BCUT2D eigenvalue weighted by Crippen LogP contribution is 2.27. The third kappa shape index (κ3) is 4.11. The molecule has 1 fully saturated rings. The van der Waals surface area contributed by atoms with Crippen molar-refractivity contribution in [2.75, 3.05) is 13.2 Å². The molecule has 1 saturated heterocycles. The Kier molecular flexibility index (Phi) is 5.68. The van der Waals surface area contributed by atoms with E-state index in [4.69, 9.17) is 13.9 Å². The standard InChI is InChI=1S/C19H22N2O5/c1-12(2)26-19(23)16-17(25-11-21-16)14-7-3-4-8-15(14)18(22)20-10-13-6-5-9-24-13/h3-4,7-8,11-13H,5-6,9-10H2,1-2H3,(H,20,22). The highest BCUT2D eigenvalue weighted by molar-refractivity contribution is 6.03. The Morgan fingerprint density at radius 3 is 2.88 bits per heavy atom. The maximum absolute atomic E-state index is 12.6. The van der Waals surface area contributed by atoms with E-state index in [0.29, 0.717) is 17.7 Å². The van der Waals surface area contributed by atoms with Crippen molar-refractivity contribution in [3.8, 4) is 11.3 Å². The van der Waals surface area contributed by atoms with Crippen LogP contribution in [0.5, 0.6) is 0 Å². The Morgan fingerprint density at radius 1 is 1.35 bits per heavy atom. The van der Waals surface area contributed by atoms with Crippen LogP contribution in [0.15, 0.2) is 35.1 Å². The first-order valence-corrected chi connectivity index (χ1v) is 8.70. The summed E-state index contributed by atoms with van der Waals surface area (Å²) in [6.45, 7) is 4.69. The molecule has 1 N–H and O–H groups in total. The number of benzene rings is 1. The van der Waals surface area contributed by atoms with Gasteiger partial charge in [0.2, 0.25) is 0 Å². The Bertz CT molecular complexity index is 778. The highest BCUT2D eigenvalue weighted by atomic mass is 16.5. The van der Waals surface area contributed by atoms with Crippen molar-refractivity contribution in [1.29, 1.82) is 0 Å². The second kappa shape index (κ2) is 8.14. The summed E-state index contributed by atoms with van der Waals surface area (Å²) in [5, 5.41) is 2.88. The topological polar surface area (TPSA) is 90.7 Å². The normalized spacial score (nSPS) is 16.7. The van der Waals surface area contributed by atoms with Crippen molar-refractivity contribution >= 4 is 11.9 Å². The maximum Gasteiger partial charge on any atom is 0.361 e. The van der Waals surface area contributed by atoms with Gasteiger partial charge in [-0.2, -0.15) is 0 Å². The molecular weight excluding hydrogens is 336 g/mol. The summed E-state index contributed by atoms with van der Waals surface area (Å²) in [5.41, 5.74) is 0.949. The first-order valence-electron chi connectivity index (χ1n) is 8.70. The molecule has 1 aliphatic heterocycles. The second-order valence-electron chi connectivity index (χ2n) is 6.37. The van der Waals surface area contributed by atoms with Gasteiger partial charge in [-0.1, -0.05) is 18.2 Å². The zero-order chi connectivity index (χ0) is 18.5. The van der Waals surface area contributed by atoms with Gasteiger partial charge in [-0.05, 0) is 32.8 Å². The van der Waals surface area contributed by atoms with E-state index in [1.807, 2.05) is 0 Å². The number of esters is 1. The Balaban J connectivity index is 1.82. The number of amides is 1. The fourth-order valence-corrected chi connectivity index (χ4v) is 2.84. The molecule has 3 rings (SSSR count). The van der Waals surface area contributed by atoms with Crippen molar-refractivity contribution in [3.63, 3.8) is 0 Å². The molecule has 0 radical (unpaired) electrons. The third-order valence-electron chi connectivity index (χ3n) is 4.03. The summed E-state index contributed by atoms with van der Waals surface area (Å²) in [4.78, 5) is 28.8. The summed E-state index contributed by atoms with van der Waals surface area (Å²) in [5.74, 6) is -0.618. The Hall–Kier alpha value is -2.67. The smallest absolute Gasteiger partial charge is 0.361 e. The molecule has 1 aromatic heterocycles. The van der Waals surface area contributed by atoms with Crippen LogP contribution in [0.1, 0.15) is 47.5 Å². The van der Waals surface area contributed by atoms with Crippen molar-refractivity contribution in [2.24, 2.45) is 0 Å². The zero-order valence-electron chi connectivity index (χ0n) is 14.9. The monoisotopic (exact) mass is 358 g/mol. The van der Waals surface area contributed by atoms with E-state index in [-0.39, 0.29) is 29.6 Å². The van der Waals surface area contributed by atoms with Crippen LogP contribution in [0.4, 0.5) is 0 Å². The molecule has 7 heteroatoms. The van der Waals surface area contributed by atoms with Crippen molar-refractivity contribution in [1.82, 2.24) is 10.3 Å². The van der Waals surface area contributed by atoms with Gasteiger partial charge >= 0.3 is 5.97 Å². The number of carbonyl (C=O) groups excluding carboxylic acids is 2. The number of aromatic nitrogens is 1. The van der Waals surface area contributed by atoms with Gasteiger partial charge in [-0.3, -0.25) is 4.79 Å². The quantitative estimate of drug-likeness (QED) is 0.799. The minimum absolute atomic E-state index is 0.0490. The van der Waals surface area contributed by atoms with Crippen molar-refractivity contribution in [2.45, 2.75) is 38.9 Å². The molecule has 138 valence electrons. The lowest BCUT2D eigenvalue weighted by molar-refractivity contribution is 0.0372. The van der Waals surface area contributed by atoms with Crippen LogP contribution < -0.4 is 5.32 Å². The molecule has 26 heavy (non-hydrogen) atoms. The van der Waals surface area contributed by atoms with Crippen LogP contribution in [0.25, 0.3) is 11.3 Å². The van der Waals surface area contributed by atoms with Gasteiger partial charge < -0.3 is 19.2 Å². The van der Waals surface area contributed by atoms with E-state index in [1.165, 1.54) is 6.39 Å². The number of nitrogens with zero attached hydrogens (tertiary/aromatic N) is 1. The maximum atomic E-state index is 12.6. The van der Waals surface area contributed by atoms with Crippen LogP contribution in [0, 0.1) is 0 Å². The summed E-state index contributed by atoms with van der Waals surface area (Å²) in [6, 6.07) is 6.92. The van der Waals surface area contributed by atoms with Gasteiger partial charge in [0.05, 0.1) is 17.8 Å². The molecule has 0 saturated carbocycles. The summed E-state index contributed by atoms with van der Waals surface area (Å²) in [6.07, 6.45) is 2.89. The van der Waals surface area contributed by atoms with Crippen LogP contribution in [-0.2, 0) is 9.47 Å². The van der Waals surface area contributed by atoms with Crippen LogP contribution in [0.3, 0.4) is 0 Å². The lowest BCUT2D eigenvalue weighted by atomic mass is 10.0. The minimum atomic E-state index is -0.585. The zero-order valence-corrected chi connectivity index (χ0v) is 14.9. The number of rotatable bonds is 6. The lowest BCUT2D eigenvalue weighted by Gasteiger charge is -2.13. The first kappa shape index (κ1) is 18.1. The molecule has 1 unspecified atom stereocenters. The molecule has 1 aromatic carbocycles. The van der Waals surface area contributed by atoms with Gasteiger partial charge in [0.15, 0.2) is 17.8 Å². The van der Waals surface area contributed by atoms with E-state index in [2.05, 4.69) is 10.3 Å². The molecule has 0 bridgehead atoms.